The minimum atomic E-state index is -0.378. The number of hydrogen-bond donors (Lipinski definition) is 2. The zero-order chi connectivity index (χ0) is 17.1. The largest absolute Gasteiger partial charge is 0.330 e. The molecule has 3 rings (SSSR count). The second-order valence-corrected chi connectivity index (χ2v) is 7.09. The molecule has 8 heteroatoms. The average molecular weight is 385 g/mol. The van der Waals surface area contributed by atoms with Gasteiger partial charge in [-0.1, -0.05) is 6.42 Å². The number of nitrogens with one attached hydrogen (secondary N) is 1. The number of aryl methyl sites for hydroxylation is 1. The van der Waals surface area contributed by atoms with Gasteiger partial charge in [0.2, 0.25) is 5.91 Å². The number of carbonyl (C=O) groups is 1. The van der Waals surface area contributed by atoms with E-state index in [0.717, 1.165) is 29.3 Å². The molecular weight excluding hydrogens is 363 g/mol. The fraction of sp³-hybridized carbons (Fsp3) is 0.412. The fourth-order valence-corrected chi connectivity index (χ4v) is 4.00. The van der Waals surface area contributed by atoms with Crippen LogP contribution in [-0.4, -0.2) is 22.0 Å². The zero-order valence-electron chi connectivity index (χ0n) is 13.9. The van der Waals surface area contributed by atoms with Gasteiger partial charge in [0.05, 0.1) is 5.69 Å². The fourth-order valence-electron chi connectivity index (χ4n) is 3.13. The summed E-state index contributed by atoms with van der Waals surface area (Å²) >= 11 is 1.39. The smallest absolute Gasteiger partial charge is 0.227 e. The Morgan fingerprint density at radius 3 is 2.96 bits per heavy atom. The highest BCUT2D eigenvalue weighted by Gasteiger charge is 2.32. The van der Waals surface area contributed by atoms with Gasteiger partial charge < -0.3 is 15.6 Å². The summed E-state index contributed by atoms with van der Waals surface area (Å²) in [6.45, 7) is 0.510. The highest BCUT2D eigenvalue weighted by atomic mass is 35.5. The third-order valence-electron chi connectivity index (χ3n) is 4.48. The summed E-state index contributed by atoms with van der Waals surface area (Å²) in [6, 6.07) is 4.41. The summed E-state index contributed by atoms with van der Waals surface area (Å²) in [5.74, 6) is -0.333. The molecule has 2 aromatic rings. The number of amides is 1. The number of imidazole rings is 1. The molecule has 1 amide bonds. The topological polar surface area (TPSA) is 72.9 Å². The van der Waals surface area contributed by atoms with E-state index in [1.165, 1.54) is 23.9 Å². The third kappa shape index (κ3) is 4.54. The van der Waals surface area contributed by atoms with Crippen molar-refractivity contribution in [2.75, 3.05) is 11.9 Å². The molecule has 1 heterocycles. The minimum absolute atomic E-state index is 0. The van der Waals surface area contributed by atoms with Crippen LogP contribution in [0.3, 0.4) is 0 Å². The van der Waals surface area contributed by atoms with Gasteiger partial charge >= 0.3 is 0 Å². The predicted molar refractivity (Wildman–Crippen MR) is 99.5 cm³/mol. The maximum Gasteiger partial charge on any atom is 0.227 e. The van der Waals surface area contributed by atoms with Crippen molar-refractivity contribution in [1.82, 2.24) is 9.55 Å². The summed E-state index contributed by atoms with van der Waals surface area (Å²) in [5.41, 5.74) is 6.24. The van der Waals surface area contributed by atoms with E-state index in [1.54, 1.807) is 12.3 Å². The molecular formula is C17H22ClFN4OS. The minimum Gasteiger partial charge on any atom is -0.330 e. The molecule has 136 valence electrons. The van der Waals surface area contributed by atoms with Crippen LogP contribution >= 0.6 is 24.2 Å². The van der Waals surface area contributed by atoms with Crippen LogP contribution in [0.2, 0.25) is 0 Å². The summed E-state index contributed by atoms with van der Waals surface area (Å²) in [6.07, 6.45) is 6.37. The van der Waals surface area contributed by atoms with Crippen LogP contribution in [0.15, 0.2) is 40.6 Å². The summed E-state index contributed by atoms with van der Waals surface area (Å²) in [5, 5.41) is 3.67. The lowest BCUT2D eigenvalue weighted by atomic mass is 9.95. The normalized spacial score (nSPS) is 19.5. The molecule has 1 aromatic heterocycles. The van der Waals surface area contributed by atoms with E-state index in [2.05, 4.69) is 10.3 Å². The van der Waals surface area contributed by atoms with Crippen LogP contribution in [-0.2, 0) is 11.8 Å². The second-order valence-electron chi connectivity index (χ2n) is 6.09. The first-order valence-electron chi connectivity index (χ1n) is 8.04. The first kappa shape index (κ1) is 19.8. The first-order valence-corrected chi connectivity index (χ1v) is 8.86. The Kier molecular flexibility index (Phi) is 6.87. The number of rotatable bonds is 5. The standard InChI is InChI=1S/C17H21FN4OS.ClH/c1-22-8-7-20-17(22)24-15-6-5-12(18)9-14(15)21-16(23)13-4-2-3-11(13)10-19;/h5-9,11,13H,2-4,10,19H2,1H3,(H,21,23);1H/t11-,13-;/m1./s1. The highest BCUT2D eigenvalue weighted by Crippen LogP contribution is 2.35. The molecule has 0 spiro atoms. The van der Waals surface area contributed by atoms with Crippen molar-refractivity contribution in [3.05, 3.63) is 36.4 Å². The number of halogens is 2. The Morgan fingerprint density at radius 2 is 2.28 bits per heavy atom. The van der Waals surface area contributed by atoms with Gasteiger partial charge in [-0.2, -0.15) is 0 Å². The molecule has 0 saturated heterocycles. The van der Waals surface area contributed by atoms with Crippen molar-refractivity contribution < 1.29 is 9.18 Å². The monoisotopic (exact) mass is 384 g/mol. The SMILES string of the molecule is Cl.Cn1ccnc1Sc1ccc(F)cc1NC(=O)[C@@H]1CCC[C@@H]1CN. The third-order valence-corrected chi connectivity index (χ3v) is 5.63. The van der Waals surface area contributed by atoms with E-state index in [0.29, 0.717) is 12.2 Å². The molecule has 0 bridgehead atoms. The molecule has 25 heavy (non-hydrogen) atoms. The summed E-state index contributed by atoms with van der Waals surface area (Å²) in [7, 11) is 1.89. The molecule has 1 aliphatic carbocycles. The molecule has 1 fully saturated rings. The molecule has 0 aliphatic heterocycles. The van der Waals surface area contributed by atoms with Crippen molar-refractivity contribution in [2.45, 2.75) is 29.3 Å². The maximum absolute atomic E-state index is 13.7. The van der Waals surface area contributed by atoms with Crippen LogP contribution in [0.4, 0.5) is 10.1 Å². The number of aromatic nitrogens is 2. The van der Waals surface area contributed by atoms with E-state index >= 15 is 0 Å². The van der Waals surface area contributed by atoms with Gasteiger partial charge in [-0.25, -0.2) is 9.37 Å². The Bertz CT molecular complexity index is 739. The molecule has 5 nitrogen and oxygen atoms in total. The lowest BCUT2D eigenvalue weighted by Crippen LogP contribution is -2.29. The van der Waals surface area contributed by atoms with E-state index < -0.39 is 0 Å². The number of benzene rings is 1. The number of nitrogens with two attached hydrogens (primary N) is 1. The second kappa shape index (κ2) is 8.69. The maximum atomic E-state index is 13.7. The Morgan fingerprint density at radius 1 is 1.48 bits per heavy atom. The Balaban J connectivity index is 0.00000225. The quantitative estimate of drug-likeness (QED) is 0.828. The van der Waals surface area contributed by atoms with Crippen LogP contribution in [0.5, 0.6) is 0 Å². The number of hydrogen-bond acceptors (Lipinski definition) is 4. The number of nitrogens with zero attached hydrogens (tertiary/aromatic N) is 2. The van der Waals surface area contributed by atoms with Crippen molar-refractivity contribution in [2.24, 2.45) is 24.6 Å². The lowest BCUT2D eigenvalue weighted by molar-refractivity contribution is -0.120. The van der Waals surface area contributed by atoms with Crippen LogP contribution in [0.1, 0.15) is 19.3 Å². The van der Waals surface area contributed by atoms with Crippen molar-refractivity contribution >= 4 is 35.8 Å². The number of carbonyl (C=O) groups excluding carboxylic acids is 1. The number of anilines is 1. The predicted octanol–water partition coefficient (Wildman–Crippen LogP) is 3.45. The first-order chi connectivity index (χ1) is 11.6. The van der Waals surface area contributed by atoms with Gasteiger partial charge in [-0.05, 0) is 55.3 Å². The van der Waals surface area contributed by atoms with Gasteiger partial charge in [-0.3, -0.25) is 4.79 Å². The molecule has 1 aromatic carbocycles. The molecule has 3 N–H and O–H groups in total. The van der Waals surface area contributed by atoms with E-state index in [-0.39, 0.29) is 36.0 Å². The van der Waals surface area contributed by atoms with E-state index in [1.807, 2.05) is 17.8 Å². The zero-order valence-corrected chi connectivity index (χ0v) is 15.6. The lowest BCUT2D eigenvalue weighted by Gasteiger charge is -2.18. The molecule has 0 radical (unpaired) electrons. The molecule has 1 aliphatic rings. The van der Waals surface area contributed by atoms with E-state index in [9.17, 15) is 9.18 Å². The van der Waals surface area contributed by atoms with Gasteiger partial charge in [0, 0.05) is 30.3 Å². The van der Waals surface area contributed by atoms with Crippen LogP contribution in [0, 0.1) is 17.7 Å². The van der Waals surface area contributed by atoms with Gasteiger partial charge in [0.15, 0.2) is 5.16 Å². The van der Waals surface area contributed by atoms with E-state index in [4.69, 9.17) is 5.73 Å². The summed E-state index contributed by atoms with van der Waals surface area (Å²) in [4.78, 5) is 17.6. The summed E-state index contributed by atoms with van der Waals surface area (Å²) < 4.78 is 15.6. The highest BCUT2D eigenvalue weighted by molar-refractivity contribution is 7.99. The average Bonchev–Trinajstić information content (AvgIpc) is 3.19. The molecule has 1 saturated carbocycles. The Hall–Kier alpha value is -1.57. The van der Waals surface area contributed by atoms with Gasteiger partial charge in [-0.15, -0.1) is 12.4 Å². The van der Waals surface area contributed by atoms with Crippen molar-refractivity contribution in [3.8, 4) is 0 Å². The van der Waals surface area contributed by atoms with Crippen LogP contribution in [0.25, 0.3) is 0 Å². The molecule has 2 atom stereocenters. The van der Waals surface area contributed by atoms with Crippen molar-refractivity contribution in [3.63, 3.8) is 0 Å². The van der Waals surface area contributed by atoms with Crippen molar-refractivity contribution in [1.29, 1.82) is 0 Å². The Labute approximate surface area is 157 Å². The van der Waals surface area contributed by atoms with Gasteiger partial charge in [0.25, 0.3) is 0 Å². The van der Waals surface area contributed by atoms with Gasteiger partial charge in [0.1, 0.15) is 5.82 Å². The molecule has 0 unspecified atom stereocenters. The van der Waals surface area contributed by atoms with Crippen LogP contribution < -0.4 is 11.1 Å².